The molecule has 0 N–H and O–H groups in total. The van der Waals surface area contributed by atoms with Crippen LogP contribution < -0.4 is 0 Å². The molecule has 1 fully saturated rings. The summed E-state index contributed by atoms with van der Waals surface area (Å²) in [5.41, 5.74) is 5.24. The molecule has 0 saturated heterocycles. The fraction of sp³-hybridized carbons (Fsp3) is 0.391. The number of benzene rings is 1. The van der Waals surface area contributed by atoms with E-state index in [1.807, 2.05) is 34.8 Å². The summed E-state index contributed by atoms with van der Waals surface area (Å²) >= 11 is 1.51. The van der Waals surface area contributed by atoms with Gasteiger partial charge in [-0.15, -0.1) is 11.3 Å². The molecule has 0 bridgehead atoms. The van der Waals surface area contributed by atoms with Crippen LogP contribution >= 0.6 is 11.3 Å². The van der Waals surface area contributed by atoms with E-state index >= 15 is 0 Å². The number of aromatic nitrogens is 2. The lowest BCUT2D eigenvalue weighted by atomic mass is 10.00. The van der Waals surface area contributed by atoms with E-state index < -0.39 is 0 Å². The second kappa shape index (κ2) is 7.92. The summed E-state index contributed by atoms with van der Waals surface area (Å²) in [7, 11) is 0. The molecule has 3 aromatic rings. The highest BCUT2D eigenvalue weighted by molar-refractivity contribution is 7.12. The number of nitrogens with zero attached hydrogens (tertiary/aromatic N) is 3. The van der Waals surface area contributed by atoms with Gasteiger partial charge in [-0.3, -0.25) is 4.79 Å². The van der Waals surface area contributed by atoms with Crippen LogP contribution in [0.1, 0.15) is 50.6 Å². The highest BCUT2D eigenvalue weighted by atomic mass is 32.1. The van der Waals surface area contributed by atoms with Crippen LogP contribution in [-0.2, 0) is 13.1 Å². The molecule has 4 rings (SSSR count). The zero-order valence-corrected chi connectivity index (χ0v) is 17.6. The average Bonchev–Trinajstić information content (AvgIpc) is 3.12. The van der Waals surface area contributed by atoms with Gasteiger partial charge in [-0.2, -0.15) is 0 Å². The highest BCUT2D eigenvalue weighted by Crippen LogP contribution is 2.31. The molecule has 146 valence electrons. The van der Waals surface area contributed by atoms with Crippen molar-refractivity contribution in [2.24, 2.45) is 5.92 Å². The first kappa shape index (κ1) is 18.9. The maximum absolute atomic E-state index is 13.0. The third-order valence-electron chi connectivity index (χ3n) is 5.50. The van der Waals surface area contributed by atoms with E-state index in [0.29, 0.717) is 12.5 Å². The minimum Gasteiger partial charge on any atom is -0.330 e. The van der Waals surface area contributed by atoms with Crippen molar-refractivity contribution in [3.8, 4) is 0 Å². The molecule has 1 aliphatic rings. The summed E-state index contributed by atoms with van der Waals surface area (Å²) in [6.07, 6.45) is 6.33. The number of rotatable bonds is 7. The van der Waals surface area contributed by atoms with Gasteiger partial charge in [-0.1, -0.05) is 23.8 Å². The Balaban J connectivity index is 1.56. The standard InChI is InChI=1S/C23H27N3OS/c1-16-11-17(2)20(18(3)12-16)14-25-9-8-24-22(25)15-26(13-19-6-7-19)23(27)21-5-4-10-28-21/h4-5,8-12,19H,6-7,13-15H2,1-3H3. The van der Waals surface area contributed by atoms with Crippen LogP contribution in [0.15, 0.2) is 42.0 Å². The normalized spacial score (nSPS) is 13.7. The van der Waals surface area contributed by atoms with Crippen molar-refractivity contribution in [2.75, 3.05) is 6.54 Å². The van der Waals surface area contributed by atoms with Crippen molar-refractivity contribution in [3.05, 3.63) is 75.0 Å². The number of carbonyl (C=O) groups excluding carboxylic acids is 1. The lowest BCUT2D eigenvalue weighted by Gasteiger charge is -2.23. The van der Waals surface area contributed by atoms with Crippen molar-refractivity contribution < 1.29 is 4.79 Å². The molecule has 0 aliphatic heterocycles. The van der Waals surface area contributed by atoms with Crippen LogP contribution in [0.4, 0.5) is 0 Å². The predicted octanol–water partition coefficient (Wildman–Crippen LogP) is 4.97. The molecule has 1 saturated carbocycles. The first-order valence-electron chi connectivity index (χ1n) is 9.91. The molecule has 28 heavy (non-hydrogen) atoms. The average molecular weight is 394 g/mol. The number of hydrogen-bond donors (Lipinski definition) is 0. The lowest BCUT2D eigenvalue weighted by Crippen LogP contribution is -2.33. The predicted molar refractivity (Wildman–Crippen MR) is 114 cm³/mol. The SMILES string of the molecule is Cc1cc(C)c(Cn2ccnc2CN(CC2CC2)C(=O)c2cccs2)c(C)c1. The van der Waals surface area contributed by atoms with Gasteiger partial charge in [0.25, 0.3) is 5.91 Å². The van der Waals surface area contributed by atoms with Crippen molar-refractivity contribution in [1.82, 2.24) is 14.5 Å². The van der Waals surface area contributed by atoms with Crippen LogP contribution in [0.2, 0.25) is 0 Å². The van der Waals surface area contributed by atoms with Gasteiger partial charge < -0.3 is 9.47 Å². The van der Waals surface area contributed by atoms with E-state index in [0.717, 1.165) is 23.8 Å². The Kier molecular flexibility index (Phi) is 5.36. The Morgan fingerprint density at radius 2 is 2.00 bits per heavy atom. The second-order valence-corrected chi connectivity index (χ2v) is 8.90. The van der Waals surface area contributed by atoms with E-state index in [2.05, 4.69) is 42.5 Å². The van der Waals surface area contributed by atoms with Gasteiger partial charge in [0.1, 0.15) is 5.82 Å². The zero-order chi connectivity index (χ0) is 19.7. The molecular formula is C23H27N3OS. The van der Waals surface area contributed by atoms with Gasteiger partial charge in [0.2, 0.25) is 0 Å². The first-order chi connectivity index (χ1) is 13.5. The Bertz CT molecular complexity index is 947. The fourth-order valence-electron chi connectivity index (χ4n) is 3.82. The van der Waals surface area contributed by atoms with Crippen molar-refractivity contribution in [3.63, 3.8) is 0 Å². The van der Waals surface area contributed by atoms with Crippen LogP contribution in [-0.4, -0.2) is 26.9 Å². The Morgan fingerprint density at radius 3 is 2.64 bits per heavy atom. The Labute approximate surface area is 170 Å². The third-order valence-corrected chi connectivity index (χ3v) is 6.36. The molecular weight excluding hydrogens is 366 g/mol. The van der Waals surface area contributed by atoms with E-state index in [1.54, 1.807) is 0 Å². The van der Waals surface area contributed by atoms with Crippen molar-refractivity contribution >= 4 is 17.2 Å². The van der Waals surface area contributed by atoms with E-state index in [1.165, 1.54) is 46.4 Å². The molecule has 2 aromatic heterocycles. The van der Waals surface area contributed by atoms with Gasteiger partial charge in [0.05, 0.1) is 11.4 Å². The maximum Gasteiger partial charge on any atom is 0.264 e. The monoisotopic (exact) mass is 393 g/mol. The Hall–Kier alpha value is -2.40. The number of amides is 1. The molecule has 1 aliphatic carbocycles. The van der Waals surface area contributed by atoms with E-state index in [9.17, 15) is 4.79 Å². The number of carbonyl (C=O) groups is 1. The van der Waals surface area contributed by atoms with Gasteiger partial charge in [0.15, 0.2) is 0 Å². The van der Waals surface area contributed by atoms with Gasteiger partial charge in [-0.05, 0) is 67.7 Å². The molecule has 1 aromatic carbocycles. The smallest absolute Gasteiger partial charge is 0.264 e. The van der Waals surface area contributed by atoms with Crippen molar-refractivity contribution in [2.45, 2.75) is 46.7 Å². The molecule has 0 radical (unpaired) electrons. The summed E-state index contributed by atoms with van der Waals surface area (Å²) in [4.78, 5) is 20.4. The third kappa shape index (κ3) is 4.20. The van der Waals surface area contributed by atoms with Gasteiger partial charge in [-0.25, -0.2) is 4.98 Å². The minimum absolute atomic E-state index is 0.124. The topological polar surface area (TPSA) is 38.1 Å². The van der Waals surface area contributed by atoms with Crippen LogP contribution in [0.3, 0.4) is 0 Å². The Morgan fingerprint density at radius 1 is 1.25 bits per heavy atom. The highest BCUT2D eigenvalue weighted by Gasteiger charge is 2.28. The lowest BCUT2D eigenvalue weighted by molar-refractivity contribution is 0.0733. The fourth-order valence-corrected chi connectivity index (χ4v) is 4.51. The molecule has 0 atom stereocenters. The first-order valence-corrected chi connectivity index (χ1v) is 10.8. The summed E-state index contributed by atoms with van der Waals surface area (Å²) < 4.78 is 2.19. The molecule has 4 nitrogen and oxygen atoms in total. The summed E-state index contributed by atoms with van der Waals surface area (Å²) in [5.74, 6) is 1.72. The summed E-state index contributed by atoms with van der Waals surface area (Å²) in [6, 6.07) is 8.33. The minimum atomic E-state index is 0.124. The van der Waals surface area contributed by atoms with Crippen LogP contribution in [0.25, 0.3) is 0 Å². The van der Waals surface area contributed by atoms with Crippen LogP contribution in [0, 0.1) is 26.7 Å². The zero-order valence-electron chi connectivity index (χ0n) is 16.8. The van der Waals surface area contributed by atoms with Gasteiger partial charge >= 0.3 is 0 Å². The van der Waals surface area contributed by atoms with Crippen LogP contribution in [0.5, 0.6) is 0 Å². The summed E-state index contributed by atoms with van der Waals surface area (Å²) in [6.45, 7) is 8.66. The molecule has 0 spiro atoms. The van der Waals surface area contributed by atoms with E-state index in [4.69, 9.17) is 0 Å². The molecule has 5 heteroatoms. The maximum atomic E-state index is 13.0. The largest absolute Gasteiger partial charge is 0.330 e. The number of hydrogen-bond acceptors (Lipinski definition) is 3. The quantitative estimate of drug-likeness (QED) is 0.568. The number of aryl methyl sites for hydroxylation is 3. The number of thiophene rings is 1. The van der Waals surface area contributed by atoms with Crippen molar-refractivity contribution in [1.29, 1.82) is 0 Å². The molecule has 0 unspecified atom stereocenters. The molecule has 1 amide bonds. The number of imidazole rings is 1. The van der Waals surface area contributed by atoms with Gasteiger partial charge in [0, 0.05) is 25.5 Å². The van der Waals surface area contributed by atoms with E-state index in [-0.39, 0.29) is 5.91 Å². The molecule has 2 heterocycles. The second-order valence-electron chi connectivity index (χ2n) is 7.95. The summed E-state index contributed by atoms with van der Waals surface area (Å²) in [5, 5.41) is 1.96.